The number of hydroxylamine groups is 2. The van der Waals surface area contributed by atoms with E-state index in [9.17, 15) is 19.8 Å². The summed E-state index contributed by atoms with van der Waals surface area (Å²) in [5.41, 5.74) is 2.48. The lowest BCUT2D eigenvalue weighted by Gasteiger charge is -2.43. The molecule has 4 rings (SSSR count). The maximum Gasteiger partial charge on any atom is 0.358 e. The Balaban J connectivity index is 1.38. The van der Waals surface area contributed by atoms with E-state index in [0.717, 1.165) is 43.7 Å². The number of rotatable bonds is 10. The van der Waals surface area contributed by atoms with Crippen LogP contribution in [0.5, 0.6) is 0 Å². The summed E-state index contributed by atoms with van der Waals surface area (Å²) >= 11 is 6.11. The summed E-state index contributed by atoms with van der Waals surface area (Å²) in [7, 11) is 0. The molecule has 2 aromatic rings. The number of carboxylic acids is 1. The molecule has 2 aliphatic rings. The van der Waals surface area contributed by atoms with Crippen LogP contribution in [0.4, 0.5) is 5.82 Å². The number of aryl methyl sites for hydroxylation is 2. The van der Waals surface area contributed by atoms with Gasteiger partial charge in [0.25, 0.3) is 0 Å². The van der Waals surface area contributed by atoms with Gasteiger partial charge in [-0.1, -0.05) is 29.8 Å². The van der Waals surface area contributed by atoms with Gasteiger partial charge in [0.2, 0.25) is 0 Å². The predicted octanol–water partition coefficient (Wildman–Crippen LogP) is 3.71. The van der Waals surface area contributed by atoms with Crippen molar-refractivity contribution < 1.29 is 24.6 Å². The van der Waals surface area contributed by atoms with Crippen LogP contribution in [0.15, 0.2) is 36.4 Å². The van der Waals surface area contributed by atoms with E-state index >= 15 is 0 Å². The number of benzene rings is 1. The number of fused-ring (bicyclic) bond motifs is 1. The van der Waals surface area contributed by atoms with E-state index in [1.807, 2.05) is 0 Å². The number of aromatic nitrogens is 1. The van der Waals surface area contributed by atoms with E-state index in [1.165, 1.54) is 16.7 Å². The summed E-state index contributed by atoms with van der Waals surface area (Å²) in [6, 6.07) is 9.35. The molecule has 3 N–H and O–H groups in total. The molecular formula is C25H30ClN3O5. The van der Waals surface area contributed by atoms with Gasteiger partial charge in [0.05, 0.1) is 10.6 Å². The van der Waals surface area contributed by atoms with Crippen LogP contribution < -0.4 is 5.32 Å². The fourth-order valence-corrected chi connectivity index (χ4v) is 4.86. The normalized spacial score (nSPS) is 20.1. The number of aliphatic carboxylic acids is 1. The summed E-state index contributed by atoms with van der Waals surface area (Å²) in [5.74, 6) is -0.485. The zero-order valence-electron chi connectivity index (χ0n) is 19.0. The average Bonchev–Trinajstić information content (AvgIpc) is 2.80. The molecule has 0 saturated heterocycles. The molecule has 9 heteroatoms. The van der Waals surface area contributed by atoms with E-state index in [2.05, 4.69) is 17.4 Å². The molecule has 1 aromatic carbocycles. The van der Waals surface area contributed by atoms with E-state index in [0.29, 0.717) is 18.8 Å². The molecule has 2 heterocycles. The van der Waals surface area contributed by atoms with Crippen molar-refractivity contribution in [3.63, 3.8) is 0 Å². The molecule has 0 spiro atoms. The third kappa shape index (κ3) is 5.68. The molecule has 0 amide bonds. The number of nitrogens with zero attached hydrogens (tertiary/aromatic N) is 2. The maximum absolute atomic E-state index is 12.7. The number of carboxylic acid groups (broad SMARTS) is 1. The van der Waals surface area contributed by atoms with Crippen molar-refractivity contribution >= 4 is 29.4 Å². The quantitative estimate of drug-likeness (QED) is 0.435. The highest BCUT2D eigenvalue weighted by atomic mass is 35.5. The number of carbonyl (C=O) groups is 2. The van der Waals surface area contributed by atoms with Crippen molar-refractivity contribution in [1.82, 2.24) is 10.0 Å². The van der Waals surface area contributed by atoms with E-state index in [-0.39, 0.29) is 29.7 Å². The van der Waals surface area contributed by atoms with Gasteiger partial charge in [-0.3, -0.25) is 4.79 Å². The van der Waals surface area contributed by atoms with Crippen molar-refractivity contribution in [3.8, 4) is 0 Å². The first-order valence-corrected chi connectivity index (χ1v) is 12.2. The van der Waals surface area contributed by atoms with Crippen LogP contribution in [0.3, 0.4) is 0 Å². The molecule has 1 aliphatic heterocycles. The van der Waals surface area contributed by atoms with Gasteiger partial charge in [-0.15, -0.1) is 5.06 Å². The number of aliphatic hydroxyl groups excluding tert-OH is 1. The zero-order valence-corrected chi connectivity index (χ0v) is 19.7. The highest BCUT2D eigenvalue weighted by Gasteiger charge is 2.42. The highest BCUT2D eigenvalue weighted by Crippen LogP contribution is 2.37. The molecule has 182 valence electrons. The molecule has 1 aromatic heterocycles. The monoisotopic (exact) mass is 487 g/mol. The number of carbonyl (C=O) groups excluding carboxylic acids is 1. The Morgan fingerprint density at radius 1 is 1.24 bits per heavy atom. The minimum atomic E-state index is -1.14. The highest BCUT2D eigenvalue weighted by molar-refractivity contribution is 6.33. The van der Waals surface area contributed by atoms with Gasteiger partial charge in [0, 0.05) is 24.9 Å². The molecule has 0 unspecified atom stereocenters. The van der Waals surface area contributed by atoms with Crippen LogP contribution in [0.25, 0.3) is 0 Å². The van der Waals surface area contributed by atoms with Crippen LogP contribution >= 0.6 is 11.6 Å². The van der Waals surface area contributed by atoms with Crippen LogP contribution in [0.2, 0.25) is 5.02 Å². The van der Waals surface area contributed by atoms with Gasteiger partial charge >= 0.3 is 11.9 Å². The van der Waals surface area contributed by atoms with Crippen molar-refractivity contribution in [2.45, 2.75) is 57.0 Å². The van der Waals surface area contributed by atoms with Gasteiger partial charge in [0.1, 0.15) is 11.9 Å². The number of hydrogen-bond acceptors (Lipinski definition) is 7. The number of nitrogens with one attached hydrogen (secondary N) is 1. The summed E-state index contributed by atoms with van der Waals surface area (Å²) in [4.78, 5) is 34.9. The van der Waals surface area contributed by atoms with Crippen molar-refractivity contribution in [2.75, 3.05) is 18.5 Å². The standard InChI is InChI=1S/C25H30ClN3O5/c26-21-6-2-1-5-20(21)25(33)34-29(22(11-13-30)24(31)32)19-14-16(15-19)7-9-18-10-8-17-4-3-12-27-23(17)28-18/h1-2,5-6,8,10,16,19,22,30H,3-4,7,9,11-15H2,(H,27,28)(H,31,32)/t16?,19?,22-/m0/s1. The van der Waals surface area contributed by atoms with Crippen molar-refractivity contribution in [1.29, 1.82) is 0 Å². The molecular weight excluding hydrogens is 458 g/mol. The topological polar surface area (TPSA) is 112 Å². The number of anilines is 1. The second-order valence-corrected chi connectivity index (χ2v) is 9.36. The Morgan fingerprint density at radius 3 is 2.76 bits per heavy atom. The number of halogens is 1. The van der Waals surface area contributed by atoms with Crippen LogP contribution in [-0.4, -0.2) is 57.4 Å². The first-order chi connectivity index (χ1) is 16.5. The lowest BCUT2D eigenvalue weighted by molar-refractivity contribution is -0.204. The Hall–Kier alpha value is -2.68. The zero-order chi connectivity index (χ0) is 24.1. The molecule has 34 heavy (non-hydrogen) atoms. The number of aliphatic hydroxyl groups is 1. The Morgan fingerprint density at radius 2 is 2.03 bits per heavy atom. The second kappa shape index (κ2) is 11.2. The van der Waals surface area contributed by atoms with Gasteiger partial charge in [-0.2, -0.15) is 0 Å². The van der Waals surface area contributed by atoms with E-state index < -0.39 is 18.0 Å². The lowest BCUT2D eigenvalue weighted by atomic mass is 9.76. The minimum Gasteiger partial charge on any atom is -0.480 e. The summed E-state index contributed by atoms with van der Waals surface area (Å²) in [6.07, 6.45) is 5.31. The van der Waals surface area contributed by atoms with Crippen LogP contribution in [0.1, 0.15) is 53.7 Å². The fraction of sp³-hybridized carbons (Fsp3) is 0.480. The maximum atomic E-state index is 12.7. The van der Waals surface area contributed by atoms with Crippen LogP contribution in [-0.2, 0) is 22.5 Å². The van der Waals surface area contributed by atoms with E-state index in [1.54, 1.807) is 18.2 Å². The molecule has 1 atom stereocenters. The second-order valence-electron chi connectivity index (χ2n) is 8.96. The largest absolute Gasteiger partial charge is 0.480 e. The lowest BCUT2D eigenvalue weighted by Crippen LogP contribution is -2.53. The first kappa shape index (κ1) is 24.4. The molecule has 1 aliphatic carbocycles. The summed E-state index contributed by atoms with van der Waals surface area (Å²) < 4.78 is 0. The van der Waals surface area contributed by atoms with Crippen molar-refractivity contribution in [3.05, 3.63) is 58.2 Å². The molecule has 0 bridgehead atoms. The average molecular weight is 488 g/mol. The van der Waals surface area contributed by atoms with Gasteiger partial charge in [-0.25, -0.2) is 9.78 Å². The molecule has 1 saturated carbocycles. The van der Waals surface area contributed by atoms with Gasteiger partial charge < -0.3 is 20.4 Å². The number of hydrogen-bond donors (Lipinski definition) is 3. The van der Waals surface area contributed by atoms with Crippen LogP contribution in [0, 0.1) is 5.92 Å². The predicted molar refractivity (Wildman–Crippen MR) is 128 cm³/mol. The van der Waals surface area contributed by atoms with E-state index in [4.69, 9.17) is 21.4 Å². The minimum absolute atomic E-state index is 0.0433. The summed E-state index contributed by atoms with van der Waals surface area (Å²) in [5, 5.41) is 23.9. The smallest absolute Gasteiger partial charge is 0.358 e. The van der Waals surface area contributed by atoms with Gasteiger partial charge in [0.15, 0.2) is 0 Å². The number of pyridine rings is 1. The Kier molecular flexibility index (Phi) is 8.03. The SMILES string of the molecule is O=C(ON(C1CC(CCc2ccc3c(n2)NCCC3)C1)[C@@H](CCO)C(=O)O)c1ccccc1Cl. The Bertz CT molecular complexity index is 1030. The first-order valence-electron chi connectivity index (χ1n) is 11.8. The molecule has 1 fully saturated rings. The molecule has 0 radical (unpaired) electrons. The third-order valence-corrected chi connectivity index (χ3v) is 6.94. The molecule has 8 nitrogen and oxygen atoms in total. The summed E-state index contributed by atoms with van der Waals surface area (Å²) in [6.45, 7) is 0.625. The third-order valence-electron chi connectivity index (χ3n) is 6.61. The van der Waals surface area contributed by atoms with Gasteiger partial charge in [-0.05, 0) is 74.6 Å². The van der Waals surface area contributed by atoms with Crippen molar-refractivity contribution in [2.24, 2.45) is 5.92 Å². The Labute approximate surface area is 203 Å². The fourth-order valence-electron chi connectivity index (χ4n) is 4.65.